The van der Waals surface area contributed by atoms with Gasteiger partial charge in [-0.2, -0.15) is 11.8 Å². The van der Waals surface area contributed by atoms with E-state index in [0.717, 1.165) is 22.3 Å². The predicted octanol–water partition coefficient (Wildman–Crippen LogP) is 6.53. The Hall–Kier alpha value is -4.36. The van der Waals surface area contributed by atoms with Gasteiger partial charge in [-0.3, -0.25) is 14.5 Å². The first-order chi connectivity index (χ1) is 20.0. The first kappa shape index (κ1) is 29.6. The van der Waals surface area contributed by atoms with E-state index in [2.05, 4.69) is 10.6 Å². The zero-order valence-electron chi connectivity index (χ0n) is 23.2. The third kappa shape index (κ3) is 8.82. The van der Waals surface area contributed by atoms with Crippen molar-refractivity contribution in [3.05, 3.63) is 132 Å². The van der Waals surface area contributed by atoms with E-state index in [0.29, 0.717) is 30.0 Å². The molecule has 0 aliphatic carbocycles. The third-order valence-electron chi connectivity index (χ3n) is 6.47. The third-order valence-corrected chi connectivity index (χ3v) is 7.58. The van der Waals surface area contributed by atoms with Gasteiger partial charge in [0.1, 0.15) is 6.04 Å². The van der Waals surface area contributed by atoms with Crippen LogP contribution in [0.5, 0.6) is 0 Å². The number of thioether (sulfide) groups is 1. The molecule has 0 bridgehead atoms. The molecule has 0 spiro atoms. The number of nitrogens with zero attached hydrogens (tertiary/aromatic N) is 1. The summed E-state index contributed by atoms with van der Waals surface area (Å²) in [5, 5.41) is 5.79. The molecule has 0 aromatic heterocycles. The van der Waals surface area contributed by atoms with E-state index in [1.54, 1.807) is 23.9 Å². The van der Waals surface area contributed by atoms with E-state index in [1.807, 2.05) is 110 Å². The zero-order chi connectivity index (χ0) is 28.9. The lowest BCUT2D eigenvalue weighted by Gasteiger charge is -2.25. The summed E-state index contributed by atoms with van der Waals surface area (Å²) < 4.78 is 0. The fourth-order valence-electron chi connectivity index (χ4n) is 4.32. The molecule has 0 unspecified atom stereocenters. The molecule has 0 radical (unpaired) electrons. The predicted molar refractivity (Wildman–Crippen MR) is 166 cm³/mol. The maximum Gasteiger partial charge on any atom is 0.325 e. The second-order valence-electron chi connectivity index (χ2n) is 9.61. The summed E-state index contributed by atoms with van der Waals surface area (Å²) in [5.41, 5.74) is 4.39. The summed E-state index contributed by atoms with van der Waals surface area (Å²) in [5.74, 6) is 0.363. The molecule has 0 saturated carbocycles. The first-order valence-corrected chi connectivity index (χ1v) is 14.9. The standard InChI is InChI=1S/C34H35N3O3S/c1-2-21-37(33(39)30-20-12-19-29(22-30)28-17-10-5-11-18-28)34(40)36-31(25-41-24-27-15-8-4-9-16-27)32(38)35-23-26-13-6-3-7-14-26/h3-20,22,31H,2,21,23-25H2,1H3,(H,35,38)(H,36,40)/t31-/m0/s1. The van der Waals surface area contributed by atoms with E-state index in [4.69, 9.17) is 0 Å². The minimum absolute atomic E-state index is 0.232. The Labute approximate surface area is 246 Å². The van der Waals surface area contributed by atoms with E-state index in [1.165, 1.54) is 4.90 Å². The number of carbonyl (C=O) groups excluding carboxylic acids is 3. The molecule has 0 heterocycles. The van der Waals surface area contributed by atoms with Crippen LogP contribution in [0.4, 0.5) is 4.79 Å². The largest absolute Gasteiger partial charge is 0.350 e. The number of imide groups is 1. The molecule has 0 aliphatic heterocycles. The van der Waals surface area contributed by atoms with Crippen LogP contribution in [0.1, 0.15) is 34.8 Å². The molecule has 0 fully saturated rings. The Morgan fingerprint density at radius 1 is 0.756 bits per heavy atom. The van der Waals surface area contributed by atoms with Gasteiger partial charge in [0.05, 0.1) is 0 Å². The fraction of sp³-hybridized carbons (Fsp3) is 0.206. The molecule has 0 saturated heterocycles. The van der Waals surface area contributed by atoms with E-state index < -0.39 is 18.0 Å². The van der Waals surface area contributed by atoms with Crippen molar-refractivity contribution in [2.24, 2.45) is 0 Å². The van der Waals surface area contributed by atoms with E-state index in [9.17, 15) is 14.4 Å². The van der Waals surface area contributed by atoms with Crippen LogP contribution in [0.15, 0.2) is 115 Å². The molecule has 4 rings (SSSR count). The first-order valence-electron chi connectivity index (χ1n) is 13.8. The van der Waals surface area contributed by atoms with E-state index >= 15 is 0 Å². The van der Waals surface area contributed by atoms with Gasteiger partial charge >= 0.3 is 6.03 Å². The van der Waals surface area contributed by atoms with Crippen LogP contribution >= 0.6 is 11.8 Å². The lowest BCUT2D eigenvalue weighted by molar-refractivity contribution is -0.122. The van der Waals surface area contributed by atoms with Crippen molar-refractivity contribution in [3.8, 4) is 11.1 Å². The molecule has 1 atom stereocenters. The molecule has 4 aromatic carbocycles. The normalized spacial score (nSPS) is 11.3. The molecule has 210 valence electrons. The minimum atomic E-state index is -0.817. The van der Waals surface area contributed by atoms with E-state index in [-0.39, 0.29) is 12.5 Å². The number of carbonyl (C=O) groups is 3. The highest BCUT2D eigenvalue weighted by Crippen LogP contribution is 2.21. The minimum Gasteiger partial charge on any atom is -0.350 e. The van der Waals surface area contributed by atoms with Crippen LogP contribution < -0.4 is 10.6 Å². The zero-order valence-corrected chi connectivity index (χ0v) is 24.0. The number of nitrogens with one attached hydrogen (secondary N) is 2. The summed E-state index contributed by atoms with van der Waals surface area (Å²) >= 11 is 1.56. The SMILES string of the molecule is CCCN(C(=O)N[C@@H](CSCc1ccccc1)C(=O)NCc1ccccc1)C(=O)c1cccc(-c2ccccc2)c1. The van der Waals surface area contributed by atoms with Crippen LogP contribution in [0.25, 0.3) is 11.1 Å². The van der Waals surface area contributed by atoms with Crippen molar-refractivity contribution in [1.82, 2.24) is 15.5 Å². The van der Waals surface area contributed by atoms with Crippen molar-refractivity contribution in [2.45, 2.75) is 31.7 Å². The molecular weight excluding hydrogens is 530 g/mol. The van der Waals surface area contributed by atoms with Gasteiger partial charge in [-0.15, -0.1) is 0 Å². The summed E-state index contributed by atoms with van der Waals surface area (Å²) in [4.78, 5) is 41.6. The van der Waals surface area contributed by atoms with Crippen molar-refractivity contribution in [1.29, 1.82) is 0 Å². The fourth-order valence-corrected chi connectivity index (χ4v) is 5.34. The molecule has 4 aromatic rings. The monoisotopic (exact) mass is 565 g/mol. The number of benzene rings is 4. The van der Waals surface area contributed by atoms with Crippen molar-refractivity contribution in [3.63, 3.8) is 0 Å². The van der Waals surface area contributed by atoms with Gasteiger partial charge in [-0.25, -0.2) is 4.79 Å². The Balaban J connectivity index is 1.48. The van der Waals surface area contributed by atoms with Crippen LogP contribution in [-0.2, 0) is 17.1 Å². The molecule has 2 N–H and O–H groups in total. The highest BCUT2D eigenvalue weighted by molar-refractivity contribution is 7.98. The highest BCUT2D eigenvalue weighted by Gasteiger charge is 2.27. The Bertz CT molecular complexity index is 1420. The summed E-state index contributed by atoms with van der Waals surface area (Å²) in [6.07, 6.45) is 0.588. The molecule has 7 heteroatoms. The quantitative estimate of drug-likeness (QED) is 0.205. The molecule has 4 amide bonds. The highest BCUT2D eigenvalue weighted by atomic mass is 32.2. The average Bonchev–Trinajstić information content (AvgIpc) is 3.03. The second kappa shape index (κ2) is 15.4. The lowest BCUT2D eigenvalue weighted by atomic mass is 10.0. The Morgan fingerprint density at radius 3 is 2.02 bits per heavy atom. The van der Waals surface area contributed by atoms with Gasteiger partial charge in [0.2, 0.25) is 5.91 Å². The molecule has 41 heavy (non-hydrogen) atoms. The maximum atomic E-state index is 13.6. The number of hydrogen-bond donors (Lipinski definition) is 2. The van der Waals surface area contributed by atoms with Gasteiger partial charge in [0, 0.05) is 30.2 Å². The van der Waals surface area contributed by atoms with Crippen molar-refractivity contribution in [2.75, 3.05) is 12.3 Å². The number of rotatable bonds is 12. The summed E-state index contributed by atoms with van der Waals surface area (Å²) in [7, 11) is 0. The lowest BCUT2D eigenvalue weighted by Crippen LogP contribution is -2.53. The van der Waals surface area contributed by atoms with Gasteiger partial charge in [0.25, 0.3) is 5.91 Å². The Kier molecular flexibility index (Phi) is 11.1. The topological polar surface area (TPSA) is 78.5 Å². The molecular formula is C34H35N3O3S. The van der Waals surface area contributed by atoms with Crippen LogP contribution in [0, 0.1) is 0 Å². The van der Waals surface area contributed by atoms with Crippen LogP contribution in [-0.4, -0.2) is 41.1 Å². The average molecular weight is 566 g/mol. The number of hydrogen-bond acceptors (Lipinski definition) is 4. The van der Waals surface area contributed by atoms with Gasteiger partial charge in [-0.1, -0.05) is 110 Å². The molecule has 0 aliphatic rings. The summed E-state index contributed by atoms with van der Waals surface area (Å²) in [6, 6.07) is 35.2. The maximum absolute atomic E-state index is 13.6. The smallest absolute Gasteiger partial charge is 0.325 e. The van der Waals surface area contributed by atoms with Crippen LogP contribution in [0.3, 0.4) is 0 Å². The second-order valence-corrected chi connectivity index (χ2v) is 10.6. The summed E-state index contributed by atoms with van der Waals surface area (Å²) in [6.45, 7) is 2.49. The van der Waals surface area contributed by atoms with Gasteiger partial charge in [0.15, 0.2) is 0 Å². The van der Waals surface area contributed by atoms with Crippen molar-refractivity contribution < 1.29 is 14.4 Å². The number of amides is 4. The number of urea groups is 1. The molecule has 6 nitrogen and oxygen atoms in total. The Morgan fingerprint density at radius 2 is 1.37 bits per heavy atom. The van der Waals surface area contributed by atoms with Crippen LogP contribution in [0.2, 0.25) is 0 Å². The van der Waals surface area contributed by atoms with Gasteiger partial charge in [-0.05, 0) is 40.8 Å². The van der Waals surface area contributed by atoms with Crippen molar-refractivity contribution >= 4 is 29.6 Å². The van der Waals surface area contributed by atoms with Gasteiger partial charge < -0.3 is 10.6 Å².